The smallest absolute Gasteiger partial charge is 0.0370 e. The summed E-state index contributed by atoms with van der Waals surface area (Å²) < 4.78 is 0. The van der Waals surface area contributed by atoms with Crippen LogP contribution >= 0.6 is 0 Å². The van der Waals surface area contributed by atoms with E-state index < -0.39 is 0 Å². The molecule has 0 aliphatic heterocycles. The van der Waals surface area contributed by atoms with Gasteiger partial charge >= 0.3 is 0 Å². The Labute approximate surface area is 74.8 Å². The first-order valence-corrected chi connectivity index (χ1v) is 4.47. The molecule has 0 amide bonds. The van der Waals surface area contributed by atoms with Gasteiger partial charge in [0, 0.05) is 12.7 Å². The van der Waals surface area contributed by atoms with Crippen LogP contribution < -0.4 is 5.32 Å². The summed E-state index contributed by atoms with van der Waals surface area (Å²) in [5.41, 5.74) is 5.51. The largest absolute Gasteiger partial charge is 0.388 e. The van der Waals surface area contributed by atoms with Crippen molar-refractivity contribution in [3.05, 3.63) is 28.8 Å². The fraction of sp³-hybridized carbons (Fsp3) is 0.455. The molecule has 0 saturated carbocycles. The van der Waals surface area contributed by atoms with Crippen LogP contribution in [0.25, 0.3) is 0 Å². The van der Waals surface area contributed by atoms with Crippen LogP contribution in [0.15, 0.2) is 12.1 Å². The monoisotopic (exact) mass is 163 g/mol. The summed E-state index contributed by atoms with van der Waals surface area (Å²) in [5, 5.41) is 3.20. The molecule has 1 N–H and O–H groups in total. The summed E-state index contributed by atoms with van der Waals surface area (Å²) in [7, 11) is 1.97. The number of benzene rings is 1. The van der Waals surface area contributed by atoms with Crippen molar-refractivity contribution in [2.24, 2.45) is 0 Å². The van der Waals surface area contributed by atoms with Crippen molar-refractivity contribution in [2.45, 2.75) is 27.2 Å². The normalized spacial score (nSPS) is 10.0. The Hall–Kier alpha value is -0.980. The highest BCUT2D eigenvalue weighted by atomic mass is 14.8. The van der Waals surface area contributed by atoms with Gasteiger partial charge in [-0.2, -0.15) is 0 Å². The average Bonchev–Trinajstić information content (AvgIpc) is 2.06. The third-order valence-electron chi connectivity index (χ3n) is 2.46. The van der Waals surface area contributed by atoms with Crippen LogP contribution in [0.5, 0.6) is 0 Å². The van der Waals surface area contributed by atoms with E-state index in [1.54, 1.807) is 0 Å². The minimum Gasteiger partial charge on any atom is -0.388 e. The van der Waals surface area contributed by atoms with Crippen LogP contribution in [0, 0.1) is 13.8 Å². The zero-order valence-electron chi connectivity index (χ0n) is 8.36. The lowest BCUT2D eigenvalue weighted by molar-refractivity contribution is 1.08. The van der Waals surface area contributed by atoms with E-state index in [-0.39, 0.29) is 0 Å². The van der Waals surface area contributed by atoms with Gasteiger partial charge in [0.2, 0.25) is 0 Å². The van der Waals surface area contributed by atoms with E-state index in [4.69, 9.17) is 0 Å². The highest BCUT2D eigenvalue weighted by Gasteiger charge is 2.03. The molecule has 0 spiro atoms. The second-order valence-corrected chi connectivity index (χ2v) is 3.14. The topological polar surface area (TPSA) is 12.0 Å². The Morgan fingerprint density at radius 3 is 2.42 bits per heavy atom. The first kappa shape index (κ1) is 9.11. The molecule has 0 atom stereocenters. The minimum atomic E-state index is 1.12. The summed E-state index contributed by atoms with van der Waals surface area (Å²) in [6.07, 6.45) is 1.12. The van der Waals surface area contributed by atoms with Gasteiger partial charge < -0.3 is 5.32 Å². The number of anilines is 1. The molecular weight excluding hydrogens is 146 g/mol. The summed E-state index contributed by atoms with van der Waals surface area (Å²) in [5.74, 6) is 0. The Bertz CT molecular complexity index is 277. The molecule has 0 fully saturated rings. The van der Waals surface area contributed by atoms with E-state index in [1.807, 2.05) is 7.05 Å². The predicted molar refractivity (Wildman–Crippen MR) is 54.8 cm³/mol. The summed E-state index contributed by atoms with van der Waals surface area (Å²) >= 11 is 0. The standard InChI is InChI=1S/C11H17N/c1-5-10-8(2)6-7-11(12-4)9(10)3/h6-7,12H,5H2,1-4H3. The molecule has 0 saturated heterocycles. The maximum absolute atomic E-state index is 3.20. The van der Waals surface area contributed by atoms with Gasteiger partial charge in [-0.3, -0.25) is 0 Å². The van der Waals surface area contributed by atoms with Gasteiger partial charge in [0.05, 0.1) is 0 Å². The molecule has 12 heavy (non-hydrogen) atoms. The van der Waals surface area contributed by atoms with Gasteiger partial charge in [0.15, 0.2) is 0 Å². The number of rotatable bonds is 2. The predicted octanol–water partition coefficient (Wildman–Crippen LogP) is 2.91. The zero-order chi connectivity index (χ0) is 9.14. The van der Waals surface area contributed by atoms with Gasteiger partial charge in [-0.25, -0.2) is 0 Å². The Balaban J connectivity index is 3.24. The van der Waals surface area contributed by atoms with Crippen LogP contribution in [0.3, 0.4) is 0 Å². The number of hydrogen-bond acceptors (Lipinski definition) is 1. The fourth-order valence-corrected chi connectivity index (χ4v) is 1.71. The lowest BCUT2D eigenvalue weighted by atomic mass is 9.99. The Kier molecular flexibility index (Phi) is 2.74. The summed E-state index contributed by atoms with van der Waals surface area (Å²) in [6, 6.07) is 4.32. The fourth-order valence-electron chi connectivity index (χ4n) is 1.71. The van der Waals surface area contributed by atoms with Gasteiger partial charge in [-0.15, -0.1) is 0 Å². The summed E-state index contributed by atoms with van der Waals surface area (Å²) in [4.78, 5) is 0. The molecule has 66 valence electrons. The molecule has 0 aromatic heterocycles. The third kappa shape index (κ3) is 1.45. The summed E-state index contributed by atoms with van der Waals surface area (Å²) in [6.45, 7) is 6.55. The van der Waals surface area contributed by atoms with E-state index >= 15 is 0 Å². The van der Waals surface area contributed by atoms with Crippen molar-refractivity contribution in [2.75, 3.05) is 12.4 Å². The van der Waals surface area contributed by atoms with E-state index in [1.165, 1.54) is 22.4 Å². The third-order valence-corrected chi connectivity index (χ3v) is 2.46. The van der Waals surface area contributed by atoms with E-state index in [0.717, 1.165) is 6.42 Å². The molecule has 1 aromatic carbocycles. The van der Waals surface area contributed by atoms with Crippen molar-refractivity contribution in [3.63, 3.8) is 0 Å². The molecule has 0 radical (unpaired) electrons. The second kappa shape index (κ2) is 3.61. The molecular formula is C11H17N. The first-order valence-electron chi connectivity index (χ1n) is 4.47. The molecule has 1 nitrogen and oxygen atoms in total. The number of hydrogen-bond donors (Lipinski definition) is 1. The van der Waals surface area contributed by atoms with E-state index in [0.29, 0.717) is 0 Å². The van der Waals surface area contributed by atoms with Gasteiger partial charge in [-0.05, 0) is 43.0 Å². The quantitative estimate of drug-likeness (QED) is 0.707. The number of nitrogens with one attached hydrogen (secondary N) is 1. The highest BCUT2D eigenvalue weighted by molar-refractivity contribution is 5.55. The van der Waals surface area contributed by atoms with Crippen LogP contribution in [0.4, 0.5) is 5.69 Å². The molecule has 0 aliphatic carbocycles. The lowest BCUT2D eigenvalue weighted by Crippen LogP contribution is -1.97. The zero-order valence-corrected chi connectivity index (χ0v) is 8.36. The maximum atomic E-state index is 3.20. The number of aryl methyl sites for hydroxylation is 1. The average molecular weight is 163 g/mol. The first-order chi connectivity index (χ1) is 5.70. The molecule has 1 aromatic rings. The van der Waals surface area contributed by atoms with E-state index in [2.05, 4.69) is 38.2 Å². The van der Waals surface area contributed by atoms with Gasteiger partial charge in [0.1, 0.15) is 0 Å². The molecule has 0 heterocycles. The Morgan fingerprint density at radius 2 is 1.92 bits per heavy atom. The molecule has 1 heteroatoms. The van der Waals surface area contributed by atoms with Crippen LogP contribution in [0.1, 0.15) is 23.6 Å². The molecule has 0 bridgehead atoms. The van der Waals surface area contributed by atoms with Crippen molar-refractivity contribution in [3.8, 4) is 0 Å². The van der Waals surface area contributed by atoms with Crippen molar-refractivity contribution >= 4 is 5.69 Å². The minimum absolute atomic E-state index is 1.12. The van der Waals surface area contributed by atoms with Crippen LogP contribution in [-0.4, -0.2) is 7.05 Å². The second-order valence-electron chi connectivity index (χ2n) is 3.14. The Morgan fingerprint density at radius 1 is 1.25 bits per heavy atom. The van der Waals surface area contributed by atoms with Gasteiger partial charge in [0.25, 0.3) is 0 Å². The van der Waals surface area contributed by atoms with Crippen molar-refractivity contribution in [1.29, 1.82) is 0 Å². The SMILES string of the molecule is CCc1c(C)ccc(NC)c1C. The molecule has 1 rings (SSSR count). The molecule has 0 unspecified atom stereocenters. The lowest BCUT2D eigenvalue weighted by Gasteiger charge is -2.12. The maximum Gasteiger partial charge on any atom is 0.0370 e. The van der Waals surface area contributed by atoms with Crippen LogP contribution in [0.2, 0.25) is 0 Å². The van der Waals surface area contributed by atoms with Crippen molar-refractivity contribution < 1.29 is 0 Å². The highest BCUT2D eigenvalue weighted by Crippen LogP contribution is 2.22. The van der Waals surface area contributed by atoms with Crippen LogP contribution in [-0.2, 0) is 6.42 Å². The van der Waals surface area contributed by atoms with Crippen molar-refractivity contribution in [1.82, 2.24) is 0 Å². The van der Waals surface area contributed by atoms with E-state index in [9.17, 15) is 0 Å². The van der Waals surface area contributed by atoms with Gasteiger partial charge in [-0.1, -0.05) is 13.0 Å². The molecule has 0 aliphatic rings.